The molecule has 61 heavy (non-hydrogen) atoms. The van der Waals surface area contributed by atoms with Crippen LogP contribution in [0.2, 0.25) is 0 Å². The predicted octanol–water partition coefficient (Wildman–Crippen LogP) is 13.5. The van der Waals surface area contributed by atoms with E-state index in [9.17, 15) is 0 Å². The standard InChI is InChI=1S/C59H42BN/c1-37-34-38(2)57(39(3)35-37)60-51-24-14-15-25-52(51)61-53-36-50(44-30-26-42(27-31-44)40-16-6-4-7-17-40)46-20-10-11-21-47(46)55(53)56-49-23-13-12-22-48(49)54(58(60)59(56)61)45-32-28-43(29-33-45)41-18-8-5-9-19-41/h4-36H,1-3H3. The van der Waals surface area contributed by atoms with Crippen molar-refractivity contribution in [3.8, 4) is 50.2 Å². The average Bonchev–Trinajstić information content (AvgIpc) is 3.66. The maximum absolute atomic E-state index is 2.63. The lowest BCUT2D eigenvalue weighted by molar-refractivity contribution is 1.19. The lowest BCUT2D eigenvalue weighted by Crippen LogP contribution is -2.58. The SMILES string of the molecule is Cc1cc(C)c(B2c3ccccc3-n3c4cc(-c5ccc(-c6ccccc6)cc5)c5ccccc5c4c4c5ccccc5c(-c5ccc(-c6ccccc6)cc5)c2c43)c(C)c1. The Hall–Kier alpha value is -7.42. The maximum atomic E-state index is 2.63. The molecule has 0 N–H and O–H groups in total. The molecule has 0 bridgehead atoms. The Morgan fingerprint density at radius 3 is 1.48 bits per heavy atom. The number of para-hydroxylation sites is 1. The molecule has 2 heterocycles. The van der Waals surface area contributed by atoms with E-state index in [1.165, 1.54) is 127 Å². The van der Waals surface area contributed by atoms with Crippen molar-refractivity contribution in [2.24, 2.45) is 0 Å². The molecule has 12 rings (SSSR count). The van der Waals surface area contributed by atoms with E-state index >= 15 is 0 Å². The molecule has 0 saturated heterocycles. The third-order valence-corrected chi connectivity index (χ3v) is 13.4. The zero-order chi connectivity index (χ0) is 40.8. The first-order valence-electron chi connectivity index (χ1n) is 21.5. The molecule has 286 valence electrons. The zero-order valence-corrected chi connectivity index (χ0v) is 34.6. The fraction of sp³-hybridized carbons (Fsp3) is 0.0508. The minimum atomic E-state index is 0.0146. The van der Waals surface area contributed by atoms with E-state index in [1.54, 1.807) is 0 Å². The molecular formula is C59H42BN. The van der Waals surface area contributed by atoms with Gasteiger partial charge in [0.15, 0.2) is 0 Å². The van der Waals surface area contributed by atoms with Crippen LogP contribution in [-0.4, -0.2) is 11.3 Å². The summed E-state index contributed by atoms with van der Waals surface area (Å²) in [7, 11) is 0. The Morgan fingerprint density at radius 1 is 0.377 bits per heavy atom. The van der Waals surface area contributed by atoms with Crippen molar-refractivity contribution in [3.63, 3.8) is 0 Å². The topological polar surface area (TPSA) is 4.93 Å². The van der Waals surface area contributed by atoms with Gasteiger partial charge in [-0.05, 0) is 110 Å². The van der Waals surface area contributed by atoms with Gasteiger partial charge in [-0.1, -0.05) is 210 Å². The molecule has 11 aromatic rings. The van der Waals surface area contributed by atoms with Crippen LogP contribution in [0, 0.1) is 20.8 Å². The molecule has 10 aromatic carbocycles. The molecule has 1 nitrogen and oxygen atoms in total. The molecule has 0 spiro atoms. The molecule has 0 atom stereocenters. The largest absolute Gasteiger partial charge is 0.310 e. The van der Waals surface area contributed by atoms with Crippen LogP contribution in [0.15, 0.2) is 200 Å². The van der Waals surface area contributed by atoms with Crippen molar-refractivity contribution in [1.29, 1.82) is 0 Å². The fourth-order valence-corrected chi connectivity index (χ4v) is 10.9. The number of nitrogens with zero attached hydrogens (tertiary/aromatic N) is 1. The van der Waals surface area contributed by atoms with Crippen molar-refractivity contribution >= 4 is 66.5 Å². The summed E-state index contributed by atoms with van der Waals surface area (Å²) in [5.74, 6) is 0. The summed E-state index contributed by atoms with van der Waals surface area (Å²) in [6.07, 6.45) is 0. The summed E-state index contributed by atoms with van der Waals surface area (Å²) in [6, 6.07) is 74.6. The maximum Gasteiger partial charge on any atom is 0.248 e. The summed E-state index contributed by atoms with van der Waals surface area (Å²) >= 11 is 0. The monoisotopic (exact) mass is 775 g/mol. The van der Waals surface area contributed by atoms with Crippen LogP contribution in [0.5, 0.6) is 0 Å². The molecule has 0 aliphatic carbocycles. The number of aryl methyl sites for hydroxylation is 3. The summed E-state index contributed by atoms with van der Waals surface area (Å²) in [5.41, 5.74) is 21.8. The highest BCUT2D eigenvalue weighted by molar-refractivity contribution is 6.99. The Bertz CT molecular complexity index is 3500. The quantitative estimate of drug-likeness (QED) is 0.153. The van der Waals surface area contributed by atoms with E-state index < -0.39 is 0 Å². The van der Waals surface area contributed by atoms with Gasteiger partial charge in [0, 0.05) is 16.5 Å². The number of aromatic nitrogens is 1. The number of fused-ring (bicyclic) bond motifs is 9. The summed E-state index contributed by atoms with van der Waals surface area (Å²) < 4.78 is 2.63. The van der Waals surface area contributed by atoms with Gasteiger partial charge in [0.25, 0.3) is 0 Å². The number of hydrogen-bond acceptors (Lipinski definition) is 0. The molecule has 0 fully saturated rings. The second kappa shape index (κ2) is 13.8. The Labute approximate surface area is 357 Å². The third kappa shape index (κ3) is 5.42. The second-order valence-corrected chi connectivity index (χ2v) is 16.9. The molecule has 1 aliphatic rings. The van der Waals surface area contributed by atoms with E-state index in [0.29, 0.717) is 0 Å². The van der Waals surface area contributed by atoms with Crippen molar-refractivity contribution in [2.75, 3.05) is 0 Å². The smallest absolute Gasteiger partial charge is 0.248 e. The molecule has 2 heteroatoms. The summed E-state index contributed by atoms with van der Waals surface area (Å²) in [5, 5.41) is 7.75. The number of rotatable bonds is 5. The van der Waals surface area contributed by atoms with Crippen molar-refractivity contribution in [3.05, 3.63) is 217 Å². The summed E-state index contributed by atoms with van der Waals surface area (Å²) in [6.45, 7) is 6.87. The lowest BCUT2D eigenvalue weighted by atomic mass is 9.33. The van der Waals surface area contributed by atoms with Crippen LogP contribution in [-0.2, 0) is 0 Å². The Balaban J connectivity index is 1.25. The second-order valence-electron chi connectivity index (χ2n) is 16.9. The number of hydrogen-bond donors (Lipinski definition) is 0. The molecule has 0 saturated carbocycles. The zero-order valence-electron chi connectivity index (χ0n) is 34.6. The first kappa shape index (κ1) is 35.5. The van der Waals surface area contributed by atoms with E-state index in [4.69, 9.17) is 0 Å². The number of benzene rings is 10. The molecule has 0 unspecified atom stereocenters. The van der Waals surface area contributed by atoms with Gasteiger partial charge in [0.05, 0.1) is 11.0 Å². The van der Waals surface area contributed by atoms with E-state index in [-0.39, 0.29) is 6.71 Å². The van der Waals surface area contributed by atoms with E-state index in [2.05, 4.69) is 226 Å². The van der Waals surface area contributed by atoms with Gasteiger partial charge in [0.1, 0.15) is 0 Å². The molecule has 0 amide bonds. The molecular weight excluding hydrogens is 733 g/mol. The first-order valence-corrected chi connectivity index (χ1v) is 21.5. The highest BCUT2D eigenvalue weighted by Crippen LogP contribution is 2.47. The highest BCUT2D eigenvalue weighted by atomic mass is 15.0. The van der Waals surface area contributed by atoms with Gasteiger partial charge in [-0.25, -0.2) is 0 Å². The predicted molar refractivity (Wildman–Crippen MR) is 263 cm³/mol. The lowest BCUT2D eigenvalue weighted by Gasteiger charge is -2.32. The van der Waals surface area contributed by atoms with Gasteiger partial charge < -0.3 is 4.57 Å². The van der Waals surface area contributed by atoms with Gasteiger partial charge in [-0.3, -0.25) is 0 Å². The Kier molecular flexibility index (Phi) is 8.05. The van der Waals surface area contributed by atoms with Crippen molar-refractivity contribution in [2.45, 2.75) is 20.8 Å². The highest BCUT2D eigenvalue weighted by Gasteiger charge is 2.39. The minimum absolute atomic E-state index is 0.0146. The van der Waals surface area contributed by atoms with Gasteiger partial charge in [-0.2, -0.15) is 0 Å². The minimum Gasteiger partial charge on any atom is -0.310 e. The van der Waals surface area contributed by atoms with Gasteiger partial charge >= 0.3 is 0 Å². The van der Waals surface area contributed by atoms with Crippen LogP contribution < -0.4 is 16.4 Å². The third-order valence-electron chi connectivity index (χ3n) is 13.4. The van der Waals surface area contributed by atoms with Gasteiger partial charge in [-0.15, -0.1) is 0 Å². The van der Waals surface area contributed by atoms with Crippen LogP contribution in [0.25, 0.3) is 93.5 Å². The van der Waals surface area contributed by atoms with Crippen molar-refractivity contribution < 1.29 is 0 Å². The molecule has 1 aromatic heterocycles. The average molecular weight is 776 g/mol. The van der Waals surface area contributed by atoms with Crippen LogP contribution in [0.3, 0.4) is 0 Å². The van der Waals surface area contributed by atoms with Crippen LogP contribution in [0.4, 0.5) is 0 Å². The first-order chi connectivity index (χ1) is 30.0. The van der Waals surface area contributed by atoms with Crippen LogP contribution >= 0.6 is 0 Å². The fourth-order valence-electron chi connectivity index (χ4n) is 10.9. The Morgan fingerprint density at radius 2 is 0.852 bits per heavy atom. The van der Waals surface area contributed by atoms with E-state index in [0.717, 1.165) is 0 Å². The molecule has 1 aliphatic heterocycles. The van der Waals surface area contributed by atoms with Gasteiger partial charge in [0.2, 0.25) is 6.71 Å². The van der Waals surface area contributed by atoms with Crippen molar-refractivity contribution in [1.82, 2.24) is 4.57 Å². The summed E-state index contributed by atoms with van der Waals surface area (Å²) in [4.78, 5) is 0. The van der Waals surface area contributed by atoms with Crippen LogP contribution in [0.1, 0.15) is 16.7 Å². The normalized spacial score (nSPS) is 12.1. The van der Waals surface area contributed by atoms with E-state index in [1.807, 2.05) is 0 Å². The molecule has 0 radical (unpaired) electrons.